The van der Waals surface area contributed by atoms with E-state index in [2.05, 4.69) is 14.9 Å². The second kappa shape index (κ2) is 8.87. The topological polar surface area (TPSA) is 63.5 Å². The van der Waals surface area contributed by atoms with Gasteiger partial charge in [0, 0.05) is 45.3 Å². The molecule has 0 spiro atoms. The predicted molar refractivity (Wildman–Crippen MR) is 110 cm³/mol. The highest BCUT2D eigenvalue weighted by molar-refractivity contribution is 5.94. The van der Waals surface area contributed by atoms with Crippen LogP contribution in [0.2, 0.25) is 0 Å². The van der Waals surface area contributed by atoms with Gasteiger partial charge in [0.15, 0.2) is 0 Å². The number of ether oxygens (including phenoxy) is 1. The Hall–Kier alpha value is -3.19. The van der Waals surface area contributed by atoms with Gasteiger partial charge in [-0.2, -0.15) is 0 Å². The molecule has 1 aromatic carbocycles. The van der Waals surface area contributed by atoms with Crippen molar-refractivity contribution in [3.05, 3.63) is 78.0 Å². The van der Waals surface area contributed by atoms with Crippen molar-refractivity contribution < 1.29 is 9.53 Å². The normalized spacial score (nSPS) is 14.0. The quantitative estimate of drug-likeness (QED) is 0.646. The number of aryl methyl sites for hydroxylation is 1. The third-order valence-corrected chi connectivity index (χ3v) is 5.09. The van der Waals surface area contributed by atoms with Crippen LogP contribution in [0.5, 0.6) is 0 Å². The van der Waals surface area contributed by atoms with Crippen molar-refractivity contribution in [3.63, 3.8) is 0 Å². The van der Waals surface area contributed by atoms with Gasteiger partial charge in [0.25, 0.3) is 5.91 Å². The van der Waals surface area contributed by atoms with Crippen LogP contribution in [0.3, 0.4) is 0 Å². The highest BCUT2D eigenvalue weighted by Gasteiger charge is 2.20. The van der Waals surface area contributed by atoms with Crippen LogP contribution in [-0.2, 0) is 24.9 Å². The Balaban J connectivity index is 1.54. The molecule has 4 rings (SSSR count). The molecule has 1 saturated heterocycles. The maximum Gasteiger partial charge on any atom is 0.256 e. The van der Waals surface area contributed by atoms with Gasteiger partial charge in [-0.25, -0.2) is 9.97 Å². The zero-order valence-corrected chi connectivity index (χ0v) is 16.6. The first-order valence-electron chi connectivity index (χ1n) is 9.79. The van der Waals surface area contributed by atoms with Gasteiger partial charge in [-0.1, -0.05) is 30.3 Å². The maximum absolute atomic E-state index is 13.3. The first-order valence-corrected chi connectivity index (χ1v) is 9.79. The molecule has 0 unspecified atom stereocenters. The highest BCUT2D eigenvalue weighted by atomic mass is 16.5. The number of imidazole rings is 1. The van der Waals surface area contributed by atoms with Crippen molar-refractivity contribution in [3.8, 4) is 0 Å². The van der Waals surface area contributed by atoms with Crippen molar-refractivity contribution in [2.75, 3.05) is 31.2 Å². The second-order valence-electron chi connectivity index (χ2n) is 7.11. The molecule has 0 N–H and O–H groups in total. The summed E-state index contributed by atoms with van der Waals surface area (Å²) in [4.78, 5) is 26.2. The van der Waals surface area contributed by atoms with Gasteiger partial charge in [-0.3, -0.25) is 4.79 Å². The summed E-state index contributed by atoms with van der Waals surface area (Å²) in [6.45, 7) is 3.99. The summed E-state index contributed by atoms with van der Waals surface area (Å²) in [5, 5.41) is 0. The monoisotopic (exact) mass is 391 g/mol. The molecule has 0 bridgehead atoms. The van der Waals surface area contributed by atoms with Gasteiger partial charge in [-0.15, -0.1) is 0 Å². The molecule has 0 radical (unpaired) electrons. The molecule has 0 atom stereocenters. The number of morpholine rings is 1. The Kier molecular flexibility index (Phi) is 5.86. The minimum absolute atomic E-state index is 0.0575. The van der Waals surface area contributed by atoms with Gasteiger partial charge in [0.2, 0.25) is 0 Å². The van der Waals surface area contributed by atoms with Crippen LogP contribution >= 0.6 is 0 Å². The fraction of sp³-hybridized carbons (Fsp3) is 0.318. The molecule has 1 aliphatic heterocycles. The molecule has 150 valence electrons. The number of rotatable bonds is 6. The summed E-state index contributed by atoms with van der Waals surface area (Å²) in [6, 6.07) is 13.8. The van der Waals surface area contributed by atoms with E-state index < -0.39 is 0 Å². The lowest BCUT2D eigenvalue weighted by Gasteiger charge is -2.28. The first-order chi connectivity index (χ1) is 14.2. The van der Waals surface area contributed by atoms with Crippen molar-refractivity contribution in [2.45, 2.75) is 13.1 Å². The fourth-order valence-corrected chi connectivity index (χ4v) is 3.40. The maximum atomic E-state index is 13.3. The smallest absolute Gasteiger partial charge is 0.256 e. The first kappa shape index (κ1) is 19.1. The summed E-state index contributed by atoms with van der Waals surface area (Å²) >= 11 is 0. The number of aromatic nitrogens is 3. The van der Waals surface area contributed by atoms with Crippen molar-refractivity contribution in [1.82, 2.24) is 19.4 Å². The molecular weight excluding hydrogens is 366 g/mol. The molecule has 1 aliphatic rings. The minimum Gasteiger partial charge on any atom is -0.378 e. The lowest BCUT2D eigenvalue weighted by Crippen LogP contribution is -2.36. The van der Waals surface area contributed by atoms with E-state index in [1.54, 1.807) is 12.4 Å². The van der Waals surface area contributed by atoms with Gasteiger partial charge >= 0.3 is 0 Å². The number of carbonyl (C=O) groups excluding carboxylic acids is 1. The number of carbonyl (C=O) groups is 1. The molecule has 3 aromatic rings. The zero-order valence-electron chi connectivity index (χ0n) is 16.6. The second-order valence-corrected chi connectivity index (χ2v) is 7.11. The lowest BCUT2D eigenvalue weighted by molar-refractivity contribution is 0.0723. The summed E-state index contributed by atoms with van der Waals surface area (Å²) in [6.07, 6.45) is 5.31. The third-order valence-electron chi connectivity index (χ3n) is 5.09. The number of pyridine rings is 1. The van der Waals surface area contributed by atoms with E-state index in [9.17, 15) is 4.79 Å². The van der Waals surface area contributed by atoms with Crippen LogP contribution in [0.4, 0.5) is 5.82 Å². The Labute approximate surface area is 170 Å². The number of amides is 1. The molecule has 3 heterocycles. The van der Waals surface area contributed by atoms with Gasteiger partial charge in [-0.05, 0) is 17.7 Å². The summed E-state index contributed by atoms with van der Waals surface area (Å²) in [5.74, 6) is 1.66. The average molecular weight is 391 g/mol. The number of hydrogen-bond donors (Lipinski definition) is 0. The Morgan fingerprint density at radius 2 is 1.86 bits per heavy atom. The van der Waals surface area contributed by atoms with Crippen LogP contribution in [0.25, 0.3) is 0 Å². The van der Waals surface area contributed by atoms with E-state index in [4.69, 9.17) is 4.74 Å². The van der Waals surface area contributed by atoms with E-state index in [1.165, 1.54) is 0 Å². The Morgan fingerprint density at radius 1 is 1.07 bits per heavy atom. The number of benzene rings is 1. The molecule has 2 aromatic heterocycles. The third kappa shape index (κ3) is 4.63. The van der Waals surface area contributed by atoms with Crippen molar-refractivity contribution in [2.24, 2.45) is 7.05 Å². The number of nitrogens with zero attached hydrogens (tertiary/aromatic N) is 5. The Morgan fingerprint density at radius 3 is 2.52 bits per heavy atom. The molecule has 0 aliphatic carbocycles. The Bertz CT molecular complexity index is 933. The minimum atomic E-state index is -0.0575. The lowest BCUT2D eigenvalue weighted by atomic mass is 10.2. The number of anilines is 1. The van der Waals surface area contributed by atoms with Crippen molar-refractivity contribution in [1.29, 1.82) is 0 Å². The highest BCUT2D eigenvalue weighted by Crippen LogP contribution is 2.17. The van der Waals surface area contributed by atoms with Crippen molar-refractivity contribution >= 4 is 11.7 Å². The van der Waals surface area contributed by atoms with Crippen LogP contribution in [0, 0.1) is 0 Å². The van der Waals surface area contributed by atoms with Crippen LogP contribution in [0.15, 0.2) is 61.1 Å². The van der Waals surface area contributed by atoms with Gasteiger partial charge in [0.05, 0.1) is 25.3 Å². The summed E-state index contributed by atoms with van der Waals surface area (Å²) in [5.41, 5.74) is 1.65. The van der Waals surface area contributed by atoms with E-state index in [1.807, 2.05) is 65.2 Å². The standard InChI is InChI=1S/C22H25N5O2/c1-25-10-9-23-21(25)17-27(16-18-5-3-2-4-6-18)22(28)19-7-8-20(24-15-19)26-11-13-29-14-12-26/h2-10,15H,11-14,16-17H2,1H3. The predicted octanol–water partition coefficient (Wildman–Crippen LogP) is 2.49. The van der Waals surface area contributed by atoms with E-state index in [0.717, 1.165) is 30.3 Å². The average Bonchev–Trinajstić information content (AvgIpc) is 3.18. The number of hydrogen-bond acceptors (Lipinski definition) is 5. The van der Waals surface area contributed by atoms with E-state index in [0.29, 0.717) is 31.9 Å². The van der Waals surface area contributed by atoms with Crippen LogP contribution in [-0.4, -0.2) is 51.6 Å². The molecule has 0 saturated carbocycles. The summed E-state index contributed by atoms with van der Waals surface area (Å²) in [7, 11) is 1.94. The molecule has 1 fully saturated rings. The molecular formula is C22H25N5O2. The van der Waals surface area contributed by atoms with E-state index >= 15 is 0 Å². The molecule has 1 amide bonds. The fourth-order valence-electron chi connectivity index (χ4n) is 3.40. The largest absolute Gasteiger partial charge is 0.378 e. The van der Waals surface area contributed by atoms with Crippen LogP contribution in [0.1, 0.15) is 21.7 Å². The molecule has 29 heavy (non-hydrogen) atoms. The molecule has 7 nitrogen and oxygen atoms in total. The van der Waals surface area contributed by atoms with Gasteiger partial charge in [0.1, 0.15) is 11.6 Å². The SMILES string of the molecule is Cn1ccnc1CN(Cc1ccccc1)C(=O)c1ccc(N2CCOCC2)nc1. The van der Waals surface area contributed by atoms with E-state index in [-0.39, 0.29) is 5.91 Å². The zero-order chi connectivity index (χ0) is 20.1. The van der Waals surface area contributed by atoms with Crippen LogP contribution < -0.4 is 4.90 Å². The van der Waals surface area contributed by atoms with Gasteiger partial charge < -0.3 is 19.1 Å². The summed E-state index contributed by atoms with van der Waals surface area (Å²) < 4.78 is 7.33. The molecule has 7 heteroatoms.